The molecule has 6 nitrogen and oxygen atoms in total. The molecule has 3 heterocycles. The molecule has 1 fully saturated rings. The lowest BCUT2D eigenvalue weighted by Crippen LogP contribution is -2.33. The normalized spacial score (nSPS) is 24.1. The Morgan fingerprint density at radius 3 is 2.55 bits per heavy atom. The van der Waals surface area contributed by atoms with Crippen LogP contribution in [0.25, 0.3) is 10.8 Å². The predicted octanol–water partition coefficient (Wildman–Crippen LogP) is 3.52. The molecule has 0 aliphatic carbocycles. The summed E-state index contributed by atoms with van der Waals surface area (Å²) in [6, 6.07) is 18.7. The van der Waals surface area contributed by atoms with Gasteiger partial charge in [0.2, 0.25) is 11.8 Å². The van der Waals surface area contributed by atoms with Gasteiger partial charge in [-0.3, -0.25) is 9.59 Å². The summed E-state index contributed by atoms with van der Waals surface area (Å²) < 4.78 is 5.51. The van der Waals surface area contributed by atoms with E-state index in [4.69, 9.17) is 10.2 Å². The Bertz CT molecular complexity index is 1230. The molecule has 3 aromatic rings. The summed E-state index contributed by atoms with van der Waals surface area (Å²) in [6.07, 6.45) is 1.49. The number of allylic oxidation sites excluding steroid dienone is 1. The van der Waals surface area contributed by atoms with Crippen molar-refractivity contribution in [2.75, 3.05) is 4.90 Å². The molecule has 0 spiro atoms. The first-order chi connectivity index (χ1) is 14.1. The molecular weight excluding hydrogens is 386 g/mol. The van der Waals surface area contributed by atoms with Crippen molar-refractivity contribution in [1.29, 1.82) is 5.26 Å². The average molecular weight is 401 g/mol. The van der Waals surface area contributed by atoms with Gasteiger partial charge in [-0.15, -0.1) is 0 Å². The molecule has 2 aromatic carbocycles. The first-order valence-electron chi connectivity index (χ1n) is 9.06. The summed E-state index contributed by atoms with van der Waals surface area (Å²) >= 11 is 1.09. The average Bonchev–Trinajstić information content (AvgIpc) is 3.34. The van der Waals surface area contributed by atoms with Crippen LogP contribution in [-0.2, 0) is 9.59 Å². The summed E-state index contributed by atoms with van der Waals surface area (Å²) in [4.78, 5) is 27.9. The molecule has 142 valence electrons. The van der Waals surface area contributed by atoms with E-state index in [1.54, 1.807) is 18.2 Å². The maximum Gasteiger partial charge on any atom is 0.248 e. The number of furan rings is 1. The van der Waals surface area contributed by atoms with Crippen LogP contribution in [0.5, 0.6) is 0 Å². The van der Waals surface area contributed by atoms with Gasteiger partial charge in [-0.05, 0) is 35.0 Å². The van der Waals surface area contributed by atoms with Gasteiger partial charge < -0.3 is 10.2 Å². The van der Waals surface area contributed by atoms with Crippen LogP contribution in [0.1, 0.15) is 11.7 Å². The van der Waals surface area contributed by atoms with E-state index in [0.717, 1.165) is 22.5 Å². The van der Waals surface area contributed by atoms with Crippen molar-refractivity contribution >= 4 is 40.0 Å². The molecule has 7 heteroatoms. The second-order valence-electron chi connectivity index (χ2n) is 6.99. The molecule has 1 aromatic heterocycles. The number of fused-ring (bicyclic) bond motifs is 2. The minimum absolute atomic E-state index is 0.261. The van der Waals surface area contributed by atoms with Gasteiger partial charge in [0.05, 0.1) is 40.5 Å². The quantitative estimate of drug-likeness (QED) is 0.660. The molecule has 0 bridgehead atoms. The van der Waals surface area contributed by atoms with Crippen molar-refractivity contribution in [3.63, 3.8) is 0 Å². The zero-order chi connectivity index (χ0) is 20.1. The molecule has 1 saturated heterocycles. The first kappa shape index (κ1) is 17.6. The van der Waals surface area contributed by atoms with Gasteiger partial charge >= 0.3 is 0 Å². The van der Waals surface area contributed by atoms with Crippen molar-refractivity contribution in [1.82, 2.24) is 0 Å². The fraction of sp³-hybridized carbons (Fsp3) is 0.136. The van der Waals surface area contributed by atoms with Crippen LogP contribution < -0.4 is 10.6 Å². The van der Waals surface area contributed by atoms with E-state index in [0.29, 0.717) is 11.4 Å². The standard InChI is InChI=1S/C22H15N3O3S/c23-11-15-17(16-6-3-9-28-16)18-19(29-20(15)24)22(27)25(21(18)26)14-8-7-12-4-1-2-5-13(12)10-14/h1-10,17-19H,24H2. The Labute approximate surface area is 170 Å². The number of nitrogens with zero attached hydrogens (tertiary/aromatic N) is 2. The number of thioether (sulfide) groups is 1. The number of amides is 2. The monoisotopic (exact) mass is 401 g/mol. The number of anilines is 1. The number of hydrogen-bond donors (Lipinski definition) is 1. The van der Waals surface area contributed by atoms with Gasteiger partial charge in [0, 0.05) is 0 Å². The summed E-state index contributed by atoms with van der Waals surface area (Å²) in [7, 11) is 0. The van der Waals surface area contributed by atoms with E-state index in [2.05, 4.69) is 6.07 Å². The van der Waals surface area contributed by atoms with Gasteiger partial charge in [0.1, 0.15) is 11.0 Å². The predicted molar refractivity (Wildman–Crippen MR) is 110 cm³/mol. The molecule has 3 unspecified atom stereocenters. The van der Waals surface area contributed by atoms with Crippen LogP contribution >= 0.6 is 11.8 Å². The number of nitrogens with two attached hydrogens (primary N) is 1. The number of rotatable bonds is 2. The number of nitriles is 1. The molecule has 3 atom stereocenters. The van der Waals surface area contributed by atoms with Gasteiger partial charge in [0.25, 0.3) is 0 Å². The third kappa shape index (κ3) is 2.57. The van der Waals surface area contributed by atoms with E-state index in [1.807, 2.05) is 36.4 Å². The molecule has 2 amide bonds. The fourth-order valence-corrected chi connectivity index (χ4v) is 5.32. The maximum atomic E-state index is 13.4. The number of carbonyl (C=O) groups is 2. The SMILES string of the molecule is N#CC1=C(N)SC2C(=O)N(c3ccc4ccccc4c3)C(=O)C2C1c1ccco1. The van der Waals surface area contributed by atoms with Crippen LogP contribution in [0.3, 0.4) is 0 Å². The molecule has 2 aliphatic rings. The minimum Gasteiger partial charge on any atom is -0.469 e. The zero-order valence-corrected chi connectivity index (χ0v) is 15.9. The highest BCUT2D eigenvalue weighted by atomic mass is 32.2. The van der Waals surface area contributed by atoms with Gasteiger partial charge in [0.15, 0.2) is 0 Å². The first-order valence-corrected chi connectivity index (χ1v) is 9.94. The highest BCUT2D eigenvalue weighted by Gasteiger charge is 2.56. The second kappa shape index (κ2) is 6.54. The Balaban J connectivity index is 1.62. The Morgan fingerprint density at radius 2 is 1.83 bits per heavy atom. The Hall–Kier alpha value is -3.50. The topological polar surface area (TPSA) is 100 Å². The van der Waals surface area contributed by atoms with Crippen molar-refractivity contribution in [2.24, 2.45) is 11.7 Å². The summed E-state index contributed by atoms with van der Waals surface area (Å²) in [6.45, 7) is 0. The van der Waals surface area contributed by atoms with Crippen LogP contribution in [-0.4, -0.2) is 17.1 Å². The molecule has 5 rings (SSSR count). The van der Waals surface area contributed by atoms with Crippen LogP contribution in [0.2, 0.25) is 0 Å². The minimum atomic E-state index is -0.743. The lowest BCUT2D eigenvalue weighted by atomic mass is 9.82. The highest BCUT2D eigenvalue weighted by molar-refractivity contribution is 8.04. The molecule has 0 radical (unpaired) electrons. The van der Waals surface area contributed by atoms with E-state index in [1.165, 1.54) is 11.2 Å². The van der Waals surface area contributed by atoms with E-state index < -0.39 is 17.1 Å². The van der Waals surface area contributed by atoms with E-state index in [9.17, 15) is 14.9 Å². The summed E-state index contributed by atoms with van der Waals surface area (Å²) in [5, 5.41) is 11.2. The maximum absolute atomic E-state index is 13.4. The highest BCUT2D eigenvalue weighted by Crippen LogP contribution is 2.50. The van der Waals surface area contributed by atoms with Crippen LogP contribution in [0, 0.1) is 17.2 Å². The van der Waals surface area contributed by atoms with Gasteiger partial charge in [-0.2, -0.15) is 5.26 Å². The number of imide groups is 1. The van der Waals surface area contributed by atoms with Crippen molar-refractivity contribution in [2.45, 2.75) is 11.2 Å². The smallest absolute Gasteiger partial charge is 0.248 e. The van der Waals surface area contributed by atoms with Gasteiger partial charge in [-0.1, -0.05) is 42.1 Å². The Morgan fingerprint density at radius 1 is 1.03 bits per heavy atom. The lowest BCUT2D eigenvalue weighted by Gasteiger charge is -2.28. The second-order valence-corrected chi connectivity index (χ2v) is 8.17. The van der Waals surface area contributed by atoms with E-state index in [-0.39, 0.29) is 22.4 Å². The summed E-state index contributed by atoms with van der Waals surface area (Å²) in [5.74, 6) is -1.63. The number of carbonyl (C=O) groups excluding carboxylic acids is 2. The van der Waals surface area contributed by atoms with E-state index >= 15 is 0 Å². The van der Waals surface area contributed by atoms with Crippen molar-refractivity contribution in [3.8, 4) is 6.07 Å². The molecule has 2 aliphatic heterocycles. The van der Waals surface area contributed by atoms with Crippen molar-refractivity contribution in [3.05, 3.63) is 77.2 Å². The third-order valence-corrected chi connectivity index (χ3v) is 6.67. The zero-order valence-electron chi connectivity index (χ0n) is 15.1. The largest absolute Gasteiger partial charge is 0.469 e. The third-order valence-electron chi connectivity index (χ3n) is 5.45. The fourth-order valence-electron chi connectivity index (χ4n) is 4.12. The molecule has 29 heavy (non-hydrogen) atoms. The van der Waals surface area contributed by atoms with Crippen LogP contribution in [0.4, 0.5) is 5.69 Å². The molecule has 0 saturated carbocycles. The lowest BCUT2D eigenvalue weighted by molar-refractivity contribution is -0.122. The van der Waals surface area contributed by atoms with Crippen LogP contribution in [0.15, 0.2) is 75.9 Å². The molecule has 2 N–H and O–H groups in total. The summed E-state index contributed by atoms with van der Waals surface area (Å²) in [5.41, 5.74) is 6.89. The number of hydrogen-bond acceptors (Lipinski definition) is 6. The Kier molecular flexibility index (Phi) is 3.96. The van der Waals surface area contributed by atoms with Crippen molar-refractivity contribution < 1.29 is 14.0 Å². The van der Waals surface area contributed by atoms with Gasteiger partial charge in [-0.25, -0.2) is 4.90 Å². The molecular formula is C22H15N3O3S. The number of benzene rings is 2.